The first kappa shape index (κ1) is 14.3. The Kier molecular flexibility index (Phi) is 3.91. The largest absolute Gasteiger partial charge is 0.469 e. The van der Waals surface area contributed by atoms with Gasteiger partial charge in [0, 0.05) is 6.54 Å². The molecule has 1 heterocycles. The Hall–Kier alpha value is -2.12. The molecule has 0 unspecified atom stereocenters. The first-order valence-electron chi connectivity index (χ1n) is 5.81. The Balaban J connectivity index is 2.06. The minimum absolute atomic E-state index is 0.0170. The second kappa shape index (κ2) is 5.48. The molecule has 3 N–H and O–H groups in total. The fourth-order valence-electron chi connectivity index (χ4n) is 1.68. The summed E-state index contributed by atoms with van der Waals surface area (Å²) in [6, 6.07) is 7.73. The van der Waals surface area contributed by atoms with Crippen LogP contribution in [0.4, 0.5) is 0 Å². The standard InChI is InChI=1S/C13H14N2O4S/c1-9-5-11(8-19-9)13(16)15-7-10-3-2-4-12(6-10)20(14,17)18/h2-6,8H,7H2,1H3,(H,15,16)(H2,14,17,18). The van der Waals surface area contributed by atoms with Crippen molar-refractivity contribution in [3.05, 3.63) is 53.5 Å². The van der Waals surface area contributed by atoms with Crippen LogP contribution in [0, 0.1) is 6.92 Å². The first-order valence-corrected chi connectivity index (χ1v) is 7.36. The number of aryl methyl sites for hydroxylation is 1. The van der Waals surface area contributed by atoms with Crippen LogP contribution in [0.5, 0.6) is 0 Å². The predicted octanol–water partition coefficient (Wildman–Crippen LogP) is 1.17. The van der Waals surface area contributed by atoms with Crippen LogP contribution in [-0.2, 0) is 16.6 Å². The van der Waals surface area contributed by atoms with Gasteiger partial charge >= 0.3 is 0 Å². The SMILES string of the molecule is Cc1cc(C(=O)NCc2cccc(S(N)(=O)=O)c2)co1. The lowest BCUT2D eigenvalue weighted by molar-refractivity contribution is 0.0950. The minimum atomic E-state index is -3.74. The lowest BCUT2D eigenvalue weighted by Crippen LogP contribution is -2.22. The average Bonchev–Trinajstić information content (AvgIpc) is 2.82. The number of primary sulfonamides is 1. The van der Waals surface area contributed by atoms with Crippen molar-refractivity contribution in [2.24, 2.45) is 5.14 Å². The van der Waals surface area contributed by atoms with Gasteiger partial charge in [0.15, 0.2) is 0 Å². The highest BCUT2D eigenvalue weighted by atomic mass is 32.2. The van der Waals surface area contributed by atoms with Gasteiger partial charge in [-0.1, -0.05) is 12.1 Å². The van der Waals surface area contributed by atoms with E-state index in [4.69, 9.17) is 9.56 Å². The summed E-state index contributed by atoms with van der Waals surface area (Å²) < 4.78 is 27.5. The van der Waals surface area contributed by atoms with E-state index in [-0.39, 0.29) is 17.3 Å². The van der Waals surface area contributed by atoms with Crippen LogP contribution in [-0.4, -0.2) is 14.3 Å². The van der Waals surface area contributed by atoms with Gasteiger partial charge in [0.05, 0.1) is 10.5 Å². The lowest BCUT2D eigenvalue weighted by Gasteiger charge is -2.05. The van der Waals surface area contributed by atoms with E-state index in [0.29, 0.717) is 16.9 Å². The van der Waals surface area contributed by atoms with E-state index >= 15 is 0 Å². The summed E-state index contributed by atoms with van der Waals surface area (Å²) in [4.78, 5) is 11.8. The van der Waals surface area contributed by atoms with Crippen molar-refractivity contribution < 1.29 is 17.6 Å². The van der Waals surface area contributed by atoms with Gasteiger partial charge in [-0.2, -0.15) is 0 Å². The number of nitrogens with two attached hydrogens (primary N) is 1. The van der Waals surface area contributed by atoms with E-state index in [9.17, 15) is 13.2 Å². The van der Waals surface area contributed by atoms with Crippen LogP contribution >= 0.6 is 0 Å². The van der Waals surface area contributed by atoms with E-state index in [1.54, 1.807) is 25.1 Å². The summed E-state index contributed by atoms with van der Waals surface area (Å²) in [6.45, 7) is 1.94. The van der Waals surface area contributed by atoms with Crippen LogP contribution in [0.25, 0.3) is 0 Å². The van der Waals surface area contributed by atoms with E-state index in [2.05, 4.69) is 5.32 Å². The second-order valence-corrected chi connectivity index (χ2v) is 5.88. The molecule has 0 radical (unpaired) electrons. The Bertz CT molecular complexity index is 734. The van der Waals surface area contributed by atoms with Gasteiger partial charge in [-0.3, -0.25) is 4.79 Å². The highest BCUT2D eigenvalue weighted by Crippen LogP contribution is 2.10. The summed E-state index contributed by atoms with van der Waals surface area (Å²) in [5.41, 5.74) is 1.06. The van der Waals surface area contributed by atoms with Crippen molar-refractivity contribution in [1.29, 1.82) is 0 Å². The van der Waals surface area contributed by atoms with Crippen molar-refractivity contribution in [2.75, 3.05) is 0 Å². The monoisotopic (exact) mass is 294 g/mol. The maximum atomic E-state index is 11.8. The third kappa shape index (κ3) is 3.46. The number of nitrogens with one attached hydrogen (secondary N) is 1. The molecule has 0 aliphatic heterocycles. The number of amides is 1. The quantitative estimate of drug-likeness (QED) is 0.883. The molecule has 0 bridgehead atoms. The maximum absolute atomic E-state index is 11.8. The third-order valence-corrected chi connectivity index (χ3v) is 3.58. The molecule has 7 heteroatoms. The molecule has 0 saturated heterocycles. The molecular weight excluding hydrogens is 280 g/mol. The summed E-state index contributed by atoms with van der Waals surface area (Å²) >= 11 is 0. The van der Waals surface area contributed by atoms with Crippen molar-refractivity contribution in [3.8, 4) is 0 Å². The van der Waals surface area contributed by atoms with Crippen LogP contribution in [0.3, 0.4) is 0 Å². The average molecular weight is 294 g/mol. The molecule has 1 aromatic carbocycles. The molecule has 0 aliphatic carbocycles. The Morgan fingerprint density at radius 1 is 1.35 bits per heavy atom. The second-order valence-electron chi connectivity index (χ2n) is 4.32. The predicted molar refractivity (Wildman–Crippen MR) is 72.4 cm³/mol. The van der Waals surface area contributed by atoms with Crippen molar-refractivity contribution >= 4 is 15.9 Å². The Labute approximate surface area is 116 Å². The molecule has 0 saturated carbocycles. The van der Waals surface area contributed by atoms with Crippen LogP contribution in [0.2, 0.25) is 0 Å². The number of carbonyl (C=O) groups excluding carboxylic acids is 1. The van der Waals surface area contributed by atoms with Crippen molar-refractivity contribution in [2.45, 2.75) is 18.4 Å². The summed E-state index contributed by atoms with van der Waals surface area (Å²) in [5, 5.41) is 7.72. The van der Waals surface area contributed by atoms with Crippen LogP contribution < -0.4 is 10.5 Å². The number of carbonyl (C=O) groups is 1. The van der Waals surface area contributed by atoms with Crippen LogP contribution in [0.15, 0.2) is 45.9 Å². The molecule has 106 valence electrons. The van der Waals surface area contributed by atoms with Gasteiger partial charge in [-0.05, 0) is 30.7 Å². The van der Waals surface area contributed by atoms with Gasteiger partial charge in [-0.15, -0.1) is 0 Å². The molecule has 20 heavy (non-hydrogen) atoms. The highest BCUT2D eigenvalue weighted by molar-refractivity contribution is 7.89. The molecule has 0 atom stereocenters. The van der Waals surface area contributed by atoms with Crippen molar-refractivity contribution in [1.82, 2.24) is 5.32 Å². The molecule has 2 aromatic rings. The number of benzene rings is 1. The van der Waals surface area contributed by atoms with Gasteiger partial charge in [0.1, 0.15) is 12.0 Å². The lowest BCUT2D eigenvalue weighted by atomic mass is 10.2. The molecule has 0 aliphatic rings. The van der Waals surface area contributed by atoms with E-state index in [1.807, 2.05) is 0 Å². The zero-order chi connectivity index (χ0) is 14.8. The van der Waals surface area contributed by atoms with E-state index < -0.39 is 10.0 Å². The Morgan fingerprint density at radius 2 is 2.10 bits per heavy atom. The topological polar surface area (TPSA) is 102 Å². The normalized spacial score (nSPS) is 11.3. The molecule has 6 nitrogen and oxygen atoms in total. The van der Waals surface area contributed by atoms with Gasteiger partial charge < -0.3 is 9.73 Å². The zero-order valence-electron chi connectivity index (χ0n) is 10.8. The molecular formula is C13H14N2O4S. The number of hydrogen-bond donors (Lipinski definition) is 2. The molecule has 2 rings (SSSR count). The zero-order valence-corrected chi connectivity index (χ0v) is 11.6. The summed E-state index contributed by atoms with van der Waals surface area (Å²) in [7, 11) is -3.74. The number of furan rings is 1. The van der Waals surface area contributed by atoms with Crippen LogP contribution in [0.1, 0.15) is 21.7 Å². The highest BCUT2D eigenvalue weighted by Gasteiger charge is 2.10. The summed E-state index contributed by atoms with van der Waals surface area (Å²) in [6.07, 6.45) is 1.37. The van der Waals surface area contributed by atoms with Gasteiger partial charge in [-0.25, -0.2) is 13.6 Å². The number of hydrogen-bond acceptors (Lipinski definition) is 4. The van der Waals surface area contributed by atoms with Gasteiger partial charge in [0.2, 0.25) is 10.0 Å². The minimum Gasteiger partial charge on any atom is -0.469 e. The molecule has 0 fully saturated rings. The fourth-order valence-corrected chi connectivity index (χ4v) is 2.26. The Morgan fingerprint density at radius 3 is 2.70 bits per heavy atom. The molecule has 0 spiro atoms. The number of rotatable bonds is 4. The smallest absolute Gasteiger partial charge is 0.254 e. The van der Waals surface area contributed by atoms with Crippen molar-refractivity contribution in [3.63, 3.8) is 0 Å². The maximum Gasteiger partial charge on any atom is 0.254 e. The molecule has 1 aromatic heterocycles. The number of sulfonamides is 1. The third-order valence-electron chi connectivity index (χ3n) is 2.67. The molecule has 1 amide bonds. The van der Waals surface area contributed by atoms with Gasteiger partial charge in [0.25, 0.3) is 5.91 Å². The fraction of sp³-hybridized carbons (Fsp3) is 0.154. The first-order chi connectivity index (χ1) is 9.36. The summed E-state index contributed by atoms with van der Waals surface area (Å²) in [5.74, 6) is 0.356. The van der Waals surface area contributed by atoms with E-state index in [1.165, 1.54) is 18.4 Å². The van der Waals surface area contributed by atoms with E-state index in [0.717, 1.165) is 0 Å².